The zero-order chi connectivity index (χ0) is 15.9. The third-order valence-corrected chi connectivity index (χ3v) is 2.94. The number of nitrogens with zero attached hydrogens (tertiary/aromatic N) is 1. The molecule has 120 valence electrons. The highest BCUT2D eigenvalue weighted by Crippen LogP contribution is 2.14. The summed E-state index contributed by atoms with van der Waals surface area (Å²) in [6.45, 7) is 14.2. The second-order valence-electron chi connectivity index (χ2n) is 6.60. The topological polar surface area (TPSA) is 3.24 Å². The van der Waals surface area contributed by atoms with Crippen molar-refractivity contribution in [3.05, 3.63) is 54.1 Å². The van der Waals surface area contributed by atoms with Crippen LogP contribution in [0.15, 0.2) is 43.0 Å². The van der Waals surface area contributed by atoms with Crippen molar-refractivity contribution < 1.29 is 0 Å². The molecule has 0 aliphatic rings. The van der Waals surface area contributed by atoms with Crippen LogP contribution in [-0.4, -0.2) is 18.5 Å². The van der Waals surface area contributed by atoms with Crippen molar-refractivity contribution in [2.45, 2.75) is 34.2 Å². The van der Waals surface area contributed by atoms with E-state index in [9.17, 15) is 0 Å². The van der Waals surface area contributed by atoms with Gasteiger partial charge < -0.3 is 0 Å². The summed E-state index contributed by atoms with van der Waals surface area (Å²) in [5.74, 6) is 6.30. The van der Waals surface area contributed by atoms with Gasteiger partial charge in [-0.1, -0.05) is 54.3 Å². The molecule has 1 aromatic carbocycles. The predicted octanol–water partition coefficient (Wildman–Crippen LogP) is 5.18. The Balaban J connectivity index is 0.00000441. The van der Waals surface area contributed by atoms with Crippen LogP contribution in [0.25, 0.3) is 5.57 Å². The Morgan fingerprint density at radius 1 is 1.32 bits per heavy atom. The van der Waals surface area contributed by atoms with Crippen LogP contribution in [0, 0.1) is 17.3 Å². The predicted molar refractivity (Wildman–Crippen MR) is 101 cm³/mol. The minimum absolute atomic E-state index is 0. The first kappa shape index (κ1) is 20.5. The van der Waals surface area contributed by atoms with Gasteiger partial charge >= 0.3 is 0 Å². The van der Waals surface area contributed by atoms with Crippen LogP contribution in [0.1, 0.15) is 38.8 Å². The second-order valence-corrected chi connectivity index (χ2v) is 6.60. The van der Waals surface area contributed by atoms with Crippen LogP contribution in [0.2, 0.25) is 0 Å². The molecule has 0 spiro atoms. The van der Waals surface area contributed by atoms with Gasteiger partial charge in [0.25, 0.3) is 0 Å². The fraction of sp³-hybridized carbons (Fsp3) is 0.400. The normalized spacial score (nSPS) is 11.0. The summed E-state index contributed by atoms with van der Waals surface area (Å²) in [5, 5.41) is 0. The molecule has 0 amide bonds. The van der Waals surface area contributed by atoms with E-state index in [1.54, 1.807) is 0 Å². The summed E-state index contributed by atoms with van der Waals surface area (Å²) in [7, 11) is 2.12. The summed E-state index contributed by atoms with van der Waals surface area (Å²) < 4.78 is 0. The number of allylic oxidation sites excluding steroid dienone is 2. The maximum atomic E-state index is 4.00. The Kier molecular flexibility index (Phi) is 8.87. The first-order valence-corrected chi connectivity index (χ1v) is 7.39. The third kappa shape index (κ3) is 8.72. The van der Waals surface area contributed by atoms with Gasteiger partial charge in [-0.25, -0.2) is 0 Å². The number of hydrogen-bond donors (Lipinski definition) is 0. The minimum atomic E-state index is 0. The van der Waals surface area contributed by atoms with Crippen molar-refractivity contribution in [1.82, 2.24) is 4.90 Å². The van der Waals surface area contributed by atoms with E-state index in [0.717, 1.165) is 18.7 Å². The van der Waals surface area contributed by atoms with Crippen LogP contribution in [-0.2, 0) is 6.54 Å². The number of likely N-dealkylation sites (N-methyl/N-ethyl adjacent to an activating group) is 1. The summed E-state index contributed by atoms with van der Waals surface area (Å²) >= 11 is 0. The lowest BCUT2D eigenvalue weighted by Gasteiger charge is -2.15. The summed E-state index contributed by atoms with van der Waals surface area (Å²) in [6, 6.07) is 8.57. The highest BCUT2D eigenvalue weighted by Gasteiger charge is 2.02. The molecular weight excluding hydrogens is 290 g/mol. The van der Waals surface area contributed by atoms with E-state index in [-0.39, 0.29) is 17.8 Å². The summed E-state index contributed by atoms with van der Waals surface area (Å²) in [6.07, 6.45) is 4.06. The molecule has 0 unspecified atom stereocenters. The van der Waals surface area contributed by atoms with Gasteiger partial charge in [0.1, 0.15) is 0 Å². The lowest BCUT2D eigenvalue weighted by atomic mass is 9.98. The highest BCUT2D eigenvalue weighted by molar-refractivity contribution is 5.85. The first-order chi connectivity index (χ1) is 9.78. The second kappa shape index (κ2) is 9.51. The van der Waals surface area contributed by atoms with Gasteiger partial charge in [0.05, 0.1) is 0 Å². The molecular formula is C20H28ClN. The van der Waals surface area contributed by atoms with E-state index < -0.39 is 0 Å². The fourth-order valence-corrected chi connectivity index (χ4v) is 1.86. The molecule has 0 bridgehead atoms. The lowest BCUT2D eigenvalue weighted by Crippen LogP contribution is -2.17. The van der Waals surface area contributed by atoms with Crippen molar-refractivity contribution in [3.63, 3.8) is 0 Å². The molecule has 0 N–H and O–H groups in total. The zero-order valence-electron chi connectivity index (χ0n) is 14.4. The molecule has 0 aliphatic heterocycles. The molecule has 0 saturated carbocycles. The average molecular weight is 318 g/mol. The molecule has 22 heavy (non-hydrogen) atoms. The van der Waals surface area contributed by atoms with E-state index >= 15 is 0 Å². The van der Waals surface area contributed by atoms with E-state index in [0.29, 0.717) is 0 Å². The van der Waals surface area contributed by atoms with Crippen molar-refractivity contribution in [2.75, 3.05) is 13.6 Å². The first-order valence-electron chi connectivity index (χ1n) is 7.39. The van der Waals surface area contributed by atoms with Crippen LogP contribution in [0.3, 0.4) is 0 Å². The average Bonchev–Trinajstić information content (AvgIpc) is 2.37. The maximum absolute atomic E-state index is 4.00. The highest BCUT2D eigenvalue weighted by atomic mass is 35.5. The Bertz CT molecular complexity index is 567. The van der Waals surface area contributed by atoms with Gasteiger partial charge in [-0.2, -0.15) is 0 Å². The molecule has 1 rings (SSSR count). The molecule has 2 heteroatoms. The zero-order valence-corrected chi connectivity index (χ0v) is 15.3. The van der Waals surface area contributed by atoms with Gasteiger partial charge in [-0.05, 0) is 51.9 Å². The van der Waals surface area contributed by atoms with Crippen LogP contribution in [0.4, 0.5) is 0 Å². The van der Waals surface area contributed by atoms with Gasteiger partial charge in [0, 0.05) is 18.5 Å². The van der Waals surface area contributed by atoms with Crippen molar-refractivity contribution in [2.24, 2.45) is 5.41 Å². The minimum Gasteiger partial charge on any atom is -0.298 e. The Morgan fingerprint density at radius 2 is 2.00 bits per heavy atom. The van der Waals surface area contributed by atoms with Crippen LogP contribution < -0.4 is 0 Å². The van der Waals surface area contributed by atoms with E-state index in [4.69, 9.17) is 0 Å². The third-order valence-electron chi connectivity index (χ3n) is 2.94. The largest absolute Gasteiger partial charge is 0.298 e. The lowest BCUT2D eigenvalue weighted by molar-refractivity contribution is 0.363. The van der Waals surface area contributed by atoms with E-state index in [1.807, 2.05) is 13.0 Å². The number of rotatable bonds is 5. The molecule has 0 radical (unpaired) electrons. The molecule has 0 heterocycles. The molecule has 0 saturated heterocycles. The van der Waals surface area contributed by atoms with Gasteiger partial charge in [-0.3, -0.25) is 4.90 Å². The summed E-state index contributed by atoms with van der Waals surface area (Å²) in [5.41, 5.74) is 3.70. The molecule has 1 aromatic rings. The fourth-order valence-electron chi connectivity index (χ4n) is 1.86. The SMILES string of the molecule is C=C(C)c1cccc(CN(C)C/C=C\C#CC(C)(C)C)c1.Cl. The van der Waals surface area contributed by atoms with Crippen molar-refractivity contribution in [1.29, 1.82) is 0 Å². The number of halogens is 1. The van der Waals surface area contributed by atoms with Crippen LogP contribution >= 0.6 is 12.4 Å². The quantitative estimate of drug-likeness (QED) is 0.676. The molecule has 0 aliphatic carbocycles. The Morgan fingerprint density at radius 3 is 2.59 bits per heavy atom. The van der Waals surface area contributed by atoms with E-state index in [1.165, 1.54) is 11.1 Å². The Labute approximate surface area is 142 Å². The number of benzene rings is 1. The molecule has 1 nitrogen and oxygen atoms in total. The monoisotopic (exact) mass is 317 g/mol. The summed E-state index contributed by atoms with van der Waals surface area (Å²) in [4.78, 5) is 2.27. The van der Waals surface area contributed by atoms with Crippen molar-refractivity contribution >= 4 is 18.0 Å². The Hall–Kier alpha value is -1.49. The molecule has 0 fully saturated rings. The van der Waals surface area contributed by atoms with Crippen LogP contribution in [0.5, 0.6) is 0 Å². The van der Waals surface area contributed by atoms with Gasteiger partial charge in [0.2, 0.25) is 0 Å². The number of hydrogen-bond acceptors (Lipinski definition) is 1. The molecule has 0 aromatic heterocycles. The smallest absolute Gasteiger partial charge is 0.0234 e. The standard InChI is InChI=1S/C20H27N.ClH/c1-17(2)19-12-10-11-18(15-19)16-21(6)14-9-7-8-13-20(3,4)5;/h7,9-12,15H,1,14,16H2,2-6H3;1H/b9-7-;. The van der Waals surface area contributed by atoms with E-state index in [2.05, 4.69) is 81.5 Å². The van der Waals surface area contributed by atoms with Crippen molar-refractivity contribution in [3.8, 4) is 11.8 Å². The molecule has 0 atom stereocenters. The van der Waals surface area contributed by atoms with Gasteiger partial charge in [-0.15, -0.1) is 12.4 Å². The maximum Gasteiger partial charge on any atom is 0.0234 e. The van der Waals surface area contributed by atoms with Gasteiger partial charge in [0.15, 0.2) is 0 Å².